The van der Waals surface area contributed by atoms with Crippen LogP contribution in [0.3, 0.4) is 0 Å². The molecule has 0 aliphatic rings. The number of aryl methyl sites for hydroxylation is 2. The first-order chi connectivity index (χ1) is 11.1. The number of nitrogens with one attached hydrogen (secondary N) is 1. The molecule has 0 radical (unpaired) electrons. The summed E-state index contributed by atoms with van der Waals surface area (Å²) in [5.41, 5.74) is 4.47. The molecule has 3 nitrogen and oxygen atoms in total. The lowest BCUT2D eigenvalue weighted by molar-refractivity contribution is -0.116. The molecule has 2 aromatic rings. The Morgan fingerprint density at radius 2 is 1.78 bits per heavy atom. The molecular weight excluding hydrogens is 286 g/mol. The summed E-state index contributed by atoms with van der Waals surface area (Å²) in [4.78, 5) is 11.9. The van der Waals surface area contributed by atoms with Crippen molar-refractivity contribution in [1.82, 2.24) is 5.32 Å². The maximum absolute atomic E-state index is 11.9. The van der Waals surface area contributed by atoms with E-state index in [0.29, 0.717) is 6.54 Å². The number of carbonyl (C=O) groups excluding carboxylic acids is 1. The van der Waals surface area contributed by atoms with Gasteiger partial charge in [-0.1, -0.05) is 30.3 Å². The first-order valence-corrected chi connectivity index (χ1v) is 7.75. The fraction of sp³-hybridized carbons (Fsp3) is 0.250. The molecule has 0 aliphatic heterocycles. The van der Waals surface area contributed by atoms with Crippen LogP contribution in [0, 0.1) is 13.8 Å². The molecule has 3 heteroatoms. The van der Waals surface area contributed by atoms with Gasteiger partial charge in [0.25, 0.3) is 0 Å². The number of carbonyl (C=O) groups is 1. The molecular formula is C20H23NO2. The highest BCUT2D eigenvalue weighted by Gasteiger charge is 2.03. The Labute approximate surface area is 138 Å². The smallest absolute Gasteiger partial charge is 0.244 e. The van der Waals surface area contributed by atoms with E-state index in [2.05, 4.69) is 17.4 Å². The average Bonchev–Trinajstić information content (AvgIpc) is 2.54. The van der Waals surface area contributed by atoms with Gasteiger partial charge < -0.3 is 10.1 Å². The Hall–Kier alpha value is -2.55. The van der Waals surface area contributed by atoms with Crippen molar-refractivity contribution in [2.24, 2.45) is 0 Å². The van der Waals surface area contributed by atoms with Crippen LogP contribution in [0.5, 0.6) is 5.75 Å². The predicted molar refractivity (Wildman–Crippen MR) is 94.7 cm³/mol. The van der Waals surface area contributed by atoms with Crippen molar-refractivity contribution in [3.63, 3.8) is 0 Å². The molecule has 0 aliphatic carbocycles. The van der Waals surface area contributed by atoms with Gasteiger partial charge in [0.15, 0.2) is 0 Å². The van der Waals surface area contributed by atoms with Gasteiger partial charge in [0.05, 0.1) is 7.11 Å². The normalized spacial score (nSPS) is 10.7. The Balaban J connectivity index is 1.91. The minimum Gasteiger partial charge on any atom is -0.497 e. The van der Waals surface area contributed by atoms with E-state index in [4.69, 9.17) is 4.74 Å². The number of benzene rings is 2. The second-order valence-electron chi connectivity index (χ2n) is 5.53. The molecule has 0 saturated heterocycles. The molecule has 23 heavy (non-hydrogen) atoms. The van der Waals surface area contributed by atoms with E-state index in [1.807, 2.05) is 50.3 Å². The highest BCUT2D eigenvalue weighted by atomic mass is 16.5. The van der Waals surface area contributed by atoms with E-state index in [1.54, 1.807) is 13.2 Å². The van der Waals surface area contributed by atoms with Gasteiger partial charge >= 0.3 is 0 Å². The summed E-state index contributed by atoms with van der Waals surface area (Å²) >= 11 is 0. The van der Waals surface area contributed by atoms with Crippen molar-refractivity contribution in [2.45, 2.75) is 20.3 Å². The number of hydrogen-bond acceptors (Lipinski definition) is 2. The van der Waals surface area contributed by atoms with Gasteiger partial charge in [0.1, 0.15) is 5.75 Å². The molecule has 0 aromatic heterocycles. The van der Waals surface area contributed by atoms with E-state index in [9.17, 15) is 4.79 Å². The second kappa shape index (κ2) is 8.18. The van der Waals surface area contributed by atoms with Crippen LogP contribution in [0.15, 0.2) is 48.5 Å². The summed E-state index contributed by atoms with van der Waals surface area (Å²) in [6.07, 6.45) is 4.29. The number of methoxy groups -OCH3 is 1. The van der Waals surface area contributed by atoms with Gasteiger partial charge in [0, 0.05) is 12.6 Å². The fourth-order valence-corrected chi connectivity index (χ4v) is 2.51. The lowest BCUT2D eigenvalue weighted by Crippen LogP contribution is -2.23. The molecule has 1 amide bonds. The Bertz CT molecular complexity index is 667. The van der Waals surface area contributed by atoms with Crippen molar-refractivity contribution in [2.75, 3.05) is 13.7 Å². The highest BCUT2D eigenvalue weighted by Crippen LogP contribution is 2.22. The highest BCUT2D eigenvalue weighted by molar-refractivity contribution is 5.92. The first kappa shape index (κ1) is 16.8. The summed E-state index contributed by atoms with van der Waals surface area (Å²) in [6.45, 7) is 4.67. The molecule has 0 saturated carbocycles. The summed E-state index contributed by atoms with van der Waals surface area (Å²) in [5.74, 6) is 0.764. The summed E-state index contributed by atoms with van der Waals surface area (Å²) in [7, 11) is 1.66. The quantitative estimate of drug-likeness (QED) is 0.827. The Morgan fingerprint density at radius 3 is 2.39 bits per heavy atom. The van der Waals surface area contributed by atoms with Gasteiger partial charge in [-0.05, 0) is 60.7 Å². The van der Waals surface area contributed by atoms with Crippen LogP contribution >= 0.6 is 0 Å². The minimum atomic E-state index is -0.0736. The van der Waals surface area contributed by atoms with Crippen molar-refractivity contribution in [3.8, 4) is 5.75 Å². The third-order valence-electron chi connectivity index (χ3n) is 3.76. The standard InChI is InChI=1S/C20H23NO2/c1-15-13-18(23-3)14-16(2)19(15)9-10-20(22)21-12-11-17-7-5-4-6-8-17/h4-10,13-14H,11-12H2,1-3H3,(H,21,22)/b10-9+. The van der Waals surface area contributed by atoms with E-state index in [1.165, 1.54) is 5.56 Å². The van der Waals surface area contributed by atoms with Crippen LogP contribution in [-0.2, 0) is 11.2 Å². The van der Waals surface area contributed by atoms with Crippen LogP contribution in [0.1, 0.15) is 22.3 Å². The number of amides is 1. The molecule has 0 heterocycles. The number of ether oxygens (including phenoxy) is 1. The molecule has 120 valence electrons. The third kappa shape index (κ3) is 4.99. The summed E-state index contributed by atoms with van der Waals surface area (Å²) in [6, 6.07) is 14.1. The average molecular weight is 309 g/mol. The lowest BCUT2D eigenvalue weighted by Gasteiger charge is -2.09. The predicted octanol–water partition coefficient (Wildman–Crippen LogP) is 3.68. The van der Waals surface area contributed by atoms with Crippen LogP contribution in [0.4, 0.5) is 0 Å². The van der Waals surface area contributed by atoms with Crippen LogP contribution in [0.25, 0.3) is 6.08 Å². The maximum atomic E-state index is 11.9. The SMILES string of the molecule is COc1cc(C)c(/C=C/C(=O)NCCc2ccccc2)c(C)c1. The molecule has 0 fully saturated rings. The number of hydrogen-bond donors (Lipinski definition) is 1. The van der Waals surface area contributed by atoms with E-state index < -0.39 is 0 Å². The zero-order valence-corrected chi connectivity index (χ0v) is 13.9. The summed E-state index contributed by atoms with van der Waals surface area (Å²) < 4.78 is 5.25. The van der Waals surface area contributed by atoms with Crippen molar-refractivity contribution in [3.05, 3.63) is 70.8 Å². The molecule has 0 unspecified atom stereocenters. The van der Waals surface area contributed by atoms with Gasteiger partial charge in [-0.2, -0.15) is 0 Å². The Kier molecular flexibility index (Phi) is 5.98. The van der Waals surface area contributed by atoms with E-state index in [0.717, 1.165) is 28.9 Å². The van der Waals surface area contributed by atoms with Crippen LogP contribution in [0.2, 0.25) is 0 Å². The first-order valence-electron chi connectivity index (χ1n) is 7.75. The van der Waals surface area contributed by atoms with Crippen LogP contribution in [-0.4, -0.2) is 19.6 Å². The summed E-state index contributed by atoms with van der Waals surface area (Å²) in [5, 5.41) is 2.91. The topological polar surface area (TPSA) is 38.3 Å². The zero-order valence-electron chi connectivity index (χ0n) is 13.9. The van der Waals surface area contributed by atoms with E-state index in [-0.39, 0.29) is 5.91 Å². The second-order valence-corrected chi connectivity index (χ2v) is 5.53. The molecule has 2 rings (SSSR count). The lowest BCUT2D eigenvalue weighted by atomic mass is 10.0. The molecule has 0 bridgehead atoms. The van der Waals surface area contributed by atoms with Gasteiger partial charge in [-0.25, -0.2) is 0 Å². The number of rotatable bonds is 6. The monoisotopic (exact) mass is 309 g/mol. The van der Waals surface area contributed by atoms with Crippen molar-refractivity contribution >= 4 is 12.0 Å². The molecule has 0 spiro atoms. The van der Waals surface area contributed by atoms with Gasteiger partial charge in [-0.15, -0.1) is 0 Å². The molecule has 0 atom stereocenters. The van der Waals surface area contributed by atoms with Gasteiger partial charge in [-0.3, -0.25) is 4.79 Å². The van der Waals surface area contributed by atoms with Crippen molar-refractivity contribution in [1.29, 1.82) is 0 Å². The fourth-order valence-electron chi connectivity index (χ4n) is 2.51. The zero-order chi connectivity index (χ0) is 16.7. The Morgan fingerprint density at radius 1 is 1.13 bits per heavy atom. The van der Waals surface area contributed by atoms with Crippen LogP contribution < -0.4 is 10.1 Å². The largest absolute Gasteiger partial charge is 0.497 e. The van der Waals surface area contributed by atoms with E-state index >= 15 is 0 Å². The maximum Gasteiger partial charge on any atom is 0.244 e. The molecule has 2 aromatic carbocycles. The third-order valence-corrected chi connectivity index (χ3v) is 3.76. The molecule has 1 N–H and O–H groups in total. The minimum absolute atomic E-state index is 0.0736. The van der Waals surface area contributed by atoms with Gasteiger partial charge in [0.2, 0.25) is 5.91 Å². The van der Waals surface area contributed by atoms with Crippen molar-refractivity contribution < 1.29 is 9.53 Å².